The van der Waals surface area contributed by atoms with Gasteiger partial charge >= 0.3 is 0 Å². The minimum Gasteiger partial charge on any atom is -0.497 e. The number of benzene rings is 1. The number of amides is 1. The van der Waals surface area contributed by atoms with Crippen LogP contribution in [0.2, 0.25) is 0 Å². The maximum Gasteiger partial charge on any atom is 0.257 e. The molecular weight excluding hydrogens is 268 g/mol. The lowest BCUT2D eigenvalue weighted by Gasteiger charge is -2.29. The van der Waals surface area contributed by atoms with Gasteiger partial charge in [0.05, 0.1) is 19.8 Å². The van der Waals surface area contributed by atoms with E-state index < -0.39 is 0 Å². The molecule has 0 heterocycles. The smallest absolute Gasteiger partial charge is 0.257 e. The zero-order valence-corrected chi connectivity index (χ0v) is 12.8. The van der Waals surface area contributed by atoms with Gasteiger partial charge in [-0.2, -0.15) is 0 Å². The standard InChI is InChI=1S/C16H24N2O3/c1-20-13-7-8-14(15(11-13)21-2)16(19)18(10-9-17)12-5-3-4-6-12/h7-8,11-12H,3-6,9-10,17H2,1-2H3. The highest BCUT2D eigenvalue weighted by molar-refractivity contribution is 5.97. The Labute approximate surface area is 126 Å². The van der Waals surface area contributed by atoms with E-state index in [1.807, 2.05) is 4.90 Å². The van der Waals surface area contributed by atoms with E-state index in [1.54, 1.807) is 32.4 Å². The van der Waals surface area contributed by atoms with E-state index >= 15 is 0 Å². The van der Waals surface area contributed by atoms with E-state index in [0.717, 1.165) is 12.8 Å². The molecule has 2 rings (SSSR count). The van der Waals surface area contributed by atoms with Gasteiger partial charge in [-0.1, -0.05) is 12.8 Å². The van der Waals surface area contributed by atoms with Crippen molar-refractivity contribution in [3.05, 3.63) is 23.8 Å². The second-order valence-corrected chi connectivity index (χ2v) is 5.29. The minimum absolute atomic E-state index is 0.00754. The number of carbonyl (C=O) groups is 1. The summed E-state index contributed by atoms with van der Waals surface area (Å²) in [5.74, 6) is 1.21. The second kappa shape index (κ2) is 7.31. The first-order chi connectivity index (χ1) is 10.2. The van der Waals surface area contributed by atoms with Crippen molar-refractivity contribution < 1.29 is 14.3 Å². The van der Waals surface area contributed by atoms with Gasteiger partial charge in [0.1, 0.15) is 11.5 Å². The highest BCUT2D eigenvalue weighted by Crippen LogP contribution is 2.29. The zero-order valence-electron chi connectivity index (χ0n) is 12.8. The fourth-order valence-corrected chi connectivity index (χ4v) is 2.93. The van der Waals surface area contributed by atoms with E-state index in [1.165, 1.54) is 12.8 Å². The number of hydrogen-bond acceptors (Lipinski definition) is 4. The molecule has 1 saturated carbocycles. The van der Waals surface area contributed by atoms with Gasteiger partial charge in [-0.3, -0.25) is 4.79 Å². The van der Waals surface area contributed by atoms with Crippen molar-refractivity contribution in [2.75, 3.05) is 27.3 Å². The molecule has 116 valence electrons. The summed E-state index contributed by atoms with van der Waals surface area (Å²) in [4.78, 5) is 14.8. The molecule has 5 nitrogen and oxygen atoms in total. The number of hydrogen-bond donors (Lipinski definition) is 1. The Bertz CT molecular complexity index is 484. The van der Waals surface area contributed by atoms with Crippen molar-refractivity contribution in [3.63, 3.8) is 0 Å². The summed E-state index contributed by atoms with van der Waals surface area (Å²) >= 11 is 0. The fourth-order valence-electron chi connectivity index (χ4n) is 2.93. The van der Waals surface area contributed by atoms with Gasteiger partial charge in [-0.25, -0.2) is 0 Å². The van der Waals surface area contributed by atoms with E-state index in [4.69, 9.17) is 15.2 Å². The molecule has 0 radical (unpaired) electrons. The molecule has 0 aliphatic heterocycles. The minimum atomic E-state index is -0.00754. The number of nitrogens with zero attached hydrogens (tertiary/aromatic N) is 1. The summed E-state index contributed by atoms with van der Waals surface area (Å²) in [5, 5.41) is 0. The van der Waals surface area contributed by atoms with Gasteiger partial charge in [0.25, 0.3) is 5.91 Å². The number of methoxy groups -OCH3 is 2. The third-order valence-electron chi connectivity index (χ3n) is 4.04. The zero-order chi connectivity index (χ0) is 15.2. The predicted molar refractivity (Wildman–Crippen MR) is 81.9 cm³/mol. The third kappa shape index (κ3) is 3.47. The van der Waals surface area contributed by atoms with Crippen LogP contribution in [0.1, 0.15) is 36.0 Å². The van der Waals surface area contributed by atoms with Gasteiger partial charge < -0.3 is 20.1 Å². The summed E-state index contributed by atoms with van der Waals surface area (Å²) < 4.78 is 10.5. The Morgan fingerprint density at radius 2 is 2.00 bits per heavy atom. The highest BCUT2D eigenvalue weighted by atomic mass is 16.5. The van der Waals surface area contributed by atoms with Crippen LogP contribution in [0.25, 0.3) is 0 Å². The summed E-state index contributed by atoms with van der Waals surface area (Å²) in [6, 6.07) is 5.58. The summed E-state index contributed by atoms with van der Waals surface area (Å²) in [7, 11) is 3.16. The van der Waals surface area contributed by atoms with Crippen molar-refractivity contribution in [2.24, 2.45) is 5.73 Å². The summed E-state index contributed by atoms with van der Waals surface area (Å²) in [6.07, 6.45) is 4.48. The molecule has 0 atom stereocenters. The van der Waals surface area contributed by atoms with Crippen LogP contribution in [0, 0.1) is 0 Å². The quantitative estimate of drug-likeness (QED) is 0.871. The van der Waals surface area contributed by atoms with Crippen molar-refractivity contribution in [1.82, 2.24) is 4.90 Å². The molecule has 0 bridgehead atoms. The maximum atomic E-state index is 12.9. The maximum absolute atomic E-state index is 12.9. The number of ether oxygens (including phenoxy) is 2. The van der Waals surface area contributed by atoms with Gasteiger partial charge in [-0.05, 0) is 25.0 Å². The Balaban J connectivity index is 2.27. The van der Waals surface area contributed by atoms with Gasteiger partial charge in [0.2, 0.25) is 0 Å². The second-order valence-electron chi connectivity index (χ2n) is 5.29. The molecule has 0 spiro atoms. The molecular formula is C16H24N2O3. The van der Waals surface area contributed by atoms with Gasteiger partial charge in [0, 0.05) is 25.2 Å². The summed E-state index contributed by atoms with van der Waals surface area (Å²) in [5.41, 5.74) is 6.25. The van der Waals surface area contributed by atoms with Crippen molar-refractivity contribution in [3.8, 4) is 11.5 Å². The summed E-state index contributed by atoms with van der Waals surface area (Å²) in [6.45, 7) is 1.05. The number of nitrogens with two attached hydrogens (primary N) is 1. The van der Waals surface area contributed by atoms with Crippen LogP contribution < -0.4 is 15.2 Å². The highest BCUT2D eigenvalue weighted by Gasteiger charge is 2.28. The predicted octanol–water partition coefficient (Wildman–Crippen LogP) is 2.05. The molecule has 0 aromatic heterocycles. The van der Waals surface area contributed by atoms with Crippen molar-refractivity contribution >= 4 is 5.91 Å². The number of rotatable bonds is 6. The topological polar surface area (TPSA) is 64.8 Å². The fraction of sp³-hybridized carbons (Fsp3) is 0.562. The SMILES string of the molecule is COc1ccc(C(=O)N(CCN)C2CCCC2)c(OC)c1. The molecule has 2 N–H and O–H groups in total. The first kappa shape index (κ1) is 15.6. The van der Waals surface area contributed by atoms with E-state index in [-0.39, 0.29) is 5.91 Å². The van der Waals surface area contributed by atoms with Crippen LogP contribution in [0.5, 0.6) is 11.5 Å². The largest absolute Gasteiger partial charge is 0.497 e. The average Bonchev–Trinajstić information content (AvgIpc) is 3.05. The van der Waals surface area contributed by atoms with E-state index in [2.05, 4.69) is 0 Å². The van der Waals surface area contributed by atoms with Gasteiger partial charge in [0.15, 0.2) is 0 Å². The molecule has 1 amide bonds. The molecule has 1 aromatic carbocycles. The lowest BCUT2D eigenvalue weighted by atomic mass is 10.1. The molecule has 0 unspecified atom stereocenters. The first-order valence-electron chi connectivity index (χ1n) is 7.44. The monoisotopic (exact) mass is 292 g/mol. The molecule has 1 aliphatic carbocycles. The van der Waals surface area contributed by atoms with Crippen LogP contribution >= 0.6 is 0 Å². The lowest BCUT2D eigenvalue weighted by Crippen LogP contribution is -2.42. The third-order valence-corrected chi connectivity index (χ3v) is 4.04. The van der Waals surface area contributed by atoms with E-state index in [0.29, 0.717) is 36.2 Å². The van der Waals surface area contributed by atoms with Gasteiger partial charge in [-0.15, -0.1) is 0 Å². The van der Waals surface area contributed by atoms with Crippen molar-refractivity contribution in [1.29, 1.82) is 0 Å². The molecule has 0 saturated heterocycles. The molecule has 1 aliphatic rings. The average molecular weight is 292 g/mol. The van der Waals surface area contributed by atoms with Crippen LogP contribution in [0.15, 0.2) is 18.2 Å². The Morgan fingerprint density at radius 3 is 2.57 bits per heavy atom. The molecule has 1 fully saturated rings. The van der Waals surface area contributed by atoms with Crippen LogP contribution in [0.3, 0.4) is 0 Å². The van der Waals surface area contributed by atoms with E-state index in [9.17, 15) is 4.79 Å². The molecule has 21 heavy (non-hydrogen) atoms. The number of carbonyl (C=O) groups excluding carboxylic acids is 1. The van der Waals surface area contributed by atoms with Crippen LogP contribution in [-0.2, 0) is 0 Å². The van der Waals surface area contributed by atoms with Crippen LogP contribution in [-0.4, -0.2) is 44.2 Å². The Kier molecular flexibility index (Phi) is 5.44. The normalized spacial score (nSPS) is 15.0. The lowest BCUT2D eigenvalue weighted by molar-refractivity contribution is 0.0684. The Morgan fingerprint density at radius 1 is 1.29 bits per heavy atom. The molecule has 1 aromatic rings. The molecule has 5 heteroatoms. The van der Waals surface area contributed by atoms with Crippen LogP contribution in [0.4, 0.5) is 0 Å². The first-order valence-corrected chi connectivity index (χ1v) is 7.44. The van der Waals surface area contributed by atoms with Crippen molar-refractivity contribution in [2.45, 2.75) is 31.7 Å². The Hall–Kier alpha value is -1.75.